The highest BCUT2D eigenvalue weighted by Gasteiger charge is 2.14. The number of phenolic OH excluding ortho intramolecular Hbond substituents is 1. The van der Waals surface area contributed by atoms with Gasteiger partial charge in [-0.3, -0.25) is 4.98 Å². The fourth-order valence-electron chi connectivity index (χ4n) is 1.94. The SMILES string of the molecule is NCCC(c1ccc(O)cc1)c1ccccn1. The highest BCUT2D eigenvalue weighted by Crippen LogP contribution is 2.27. The maximum Gasteiger partial charge on any atom is 0.115 e. The molecule has 0 aliphatic carbocycles. The molecule has 3 N–H and O–H groups in total. The van der Waals surface area contributed by atoms with Gasteiger partial charge in [-0.1, -0.05) is 18.2 Å². The summed E-state index contributed by atoms with van der Waals surface area (Å²) in [6.45, 7) is 0.613. The second-order valence-electron chi connectivity index (χ2n) is 3.98. The number of hydrogen-bond acceptors (Lipinski definition) is 3. The van der Waals surface area contributed by atoms with Gasteiger partial charge in [0.15, 0.2) is 0 Å². The van der Waals surface area contributed by atoms with Gasteiger partial charge in [-0.05, 0) is 42.8 Å². The van der Waals surface area contributed by atoms with E-state index in [1.807, 2.05) is 30.3 Å². The summed E-state index contributed by atoms with van der Waals surface area (Å²) in [6, 6.07) is 13.1. The Morgan fingerprint density at radius 3 is 2.47 bits per heavy atom. The molecule has 0 saturated heterocycles. The Bertz CT molecular complexity index is 453. The smallest absolute Gasteiger partial charge is 0.115 e. The number of aromatic nitrogens is 1. The lowest BCUT2D eigenvalue weighted by Crippen LogP contribution is -2.09. The van der Waals surface area contributed by atoms with E-state index in [-0.39, 0.29) is 11.7 Å². The quantitative estimate of drug-likeness (QED) is 0.844. The van der Waals surface area contributed by atoms with Gasteiger partial charge >= 0.3 is 0 Å². The monoisotopic (exact) mass is 228 g/mol. The molecule has 17 heavy (non-hydrogen) atoms. The van der Waals surface area contributed by atoms with E-state index >= 15 is 0 Å². The van der Waals surface area contributed by atoms with Crippen molar-refractivity contribution in [1.29, 1.82) is 0 Å². The van der Waals surface area contributed by atoms with Crippen molar-refractivity contribution >= 4 is 0 Å². The Balaban J connectivity index is 2.32. The minimum atomic E-state index is 0.196. The molecule has 88 valence electrons. The van der Waals surface area contributed by atoms with Gasteiger partial charge in [-0.2, -0.15) is 0 Å². The molecule has 0 saturated carbocycles. The van der Waals surface area contributed by atoms with Crippen molar-refractivity contribution in [2.24, 2.45) is 5.73 Å². The zero-order chi connectivity index (χ0) is 12.1. The molecule has 1 aromatic carbocycles. The first-order valence-electron chi connectivity index (χ1n) is 5.71. The van der Waals surface area contributed by atoms with Gasteiger partial charge in [-0.15, -0.1) is 0 Å². The lowest BCUT2D eigenvalue weighted by atomic mass is 9.92. The molecule has 0 amide bonds. The molecule has 0 radical (unpaired) electrons. The predicted molar refractivity (Wildman–Crippen MR) is 67.9 cm³/mol. The lowest BCUT2D eigenvalue weighted by molar-refractivity contribution is 0.475. The number of rotatable bonds is 4. The van der Waals surface area contributed by atoms with E-state index in [0.29, 0.717) is 6.54 Å². The van der Waals surface area contributed by atoms with E-state index in [0.717, 1.165) is 17.7 Å². The van der Waals surface area contributed by atoms with E-state index in [4.69, 9.17) is 5.73 Å². The summed E-state index contributed by atoms with van der Waals surface area (Å²) in [5.41, 5.74) is 7.81. The Morgan fingerprint density at radius 2 is 1.88 bits per heavy atom. The summed E-state index contributed by atoms with van der Waals surface area (Å²) in [5, 5.41) is 9.30. The molecule has 0 fully saturated rings. The standard InChI is InChI=1S/C14H16N2O/c15-9-8-13(14-3-1-2-10-16-14)11-4-6-12(17)7-5-11/h1-7,10,13,17H,8-9,15H2. The van der Waals surface area contributed by atoms with Gasteiger partial charge in [0.2, 0.25) is 0 Å². The first kappa shape index (κ1) is 11.6. The summed E-state index contributed by atoms with van der Waals surface area (Å²) >= 11 is 0. The van der Waals surface area contributed by atoms with E-state index in [2.05, 4.69) is 4.98 Å². The summed E-state index contributed by atoms with van der Waals surface area (Å²) in [4.78, 5) is 4.38. The van der Waals surface area contributed by atoms with Crippen molar-refractivity contribution < 1.29 is 5.11 Å². The number of benzene rings is 1. The van der Waals surface area contributed by atoms with Crippen LogP contribution in [0.3, 0.4) is 0 Å². The maximum atomic E-state index is 9.30. The molecule has 0 bridgehead atoms. The Labute approximate surface area is 101 Å². The van der Waals surface area contributed by atoms with E-state index in [1.54, 1.807) is 18.3 Å². The van der Waals surface area contributed by atoms with Crippen LogP contribution in [0.1, 0.15) is 23.6 Å². The van der Waals surface area contributed by atoms with Crippen LogP contribution in [0.5, 0.6) is 5.75 Å². The summed E-state index contributed by atoms with van der Waals surface area (Å²) in [7, 11) is 0. The zero-order valence-corrected chi connectivity index (χ0v) is 9.58. The third-order valence-corrected chi connectivity index (χ3v) is 2.80. The molecule has 0 aliphatic rings. The molecule has 2 rings (SSSR count). The molecule has 1 atom stereocenters. The second-order valence-corrected chi connectivity index (χ2v) is 3.98. The third-order valence-electron chi connectivity index (χ3n) is 2.80. The molecule has 0 aliphatic heterocycles. The summed E-state index contributed by atoms with van der Waals surface area (Å²) in [6.07, 6.45) is 2.64. The second kappa shape index (κ2) is 5.46. The third kappa shape index (κ3) is 2.82. The van der Waals surface area contributed by atoms with Gasteiger partial charge in [0.25, 0.3) is 0 Å². The van der Waals surface area contributed by atoms with Crippen LogP contribution in [0.2, 0.25) is 0 Å². The van der Waals surface area contributed by atoms with Crippen LogP contribution in [-0.2, 0) is 0 Å². The van der Waals surface area contributed by atoms with Gasteiger partial charge in [0, 0.05) is 17.8 Å². The molecule has 1 heterocycles. The molecule has 0 spiro atoms. The van der Waals surface area contributed by atoms with E-state index in [1.165, 1.54) is 0 Å². The number of phenols is 1. The van der Waals surface area contributed by atoms with Crippen LogP contribution >= 0.6 is 0 Å². The largest absolute Gasteiger partial charge is 0.508 e. The minimum absolute atomic E-state index is 0.196. The highest BCUT2D eigenvalue weighted by molar-refractivity contribution is 5.33. The summed E-state index contributed by atoms with van der Waals surface area (Å²) < 4.78 is 0. The van der Waals surface area contributed by atoms with Gasteiger partial charge in [0.1, 0.15) is 5.75 Å². The minimum Gasteiger partial charge on any atom is -0.508 e. The molecular weight excluding hydrogens is 212 g/mol. The van der Waals surface area contributed by atoms with Crippen molar-refractivity contribution in [2.75, 3.05) is 6.54 Å². The van der Waals surface area contributed by atoms with Gasteiger partial charge < -0.3 is 10.8 Å². The van der Waals surface area contributed by atoms with Crippen LogP contribution in [0.15, 0.2) is 48.7 Å². The number of nitrogens with zero attached hydrogens (tertiary/aromatic N) is 1. The molecule has 3 nitrogen and oxygen atoms in total. The first-order valence-corrected chi connectivity index (χ1v) is 5.71. The van der Waals surface area contributed by atoms with Crippen LogP contribution in [-0.4, -0.2) is 16.6 Å². The van der Waals surface area contributed by atoms with Crippen molar-refractivity contribution in [3.8, 4) is 5.75 Å². The molecule has 1 aromatic heterocycles. The molecule has 2 aromatic rings. The molecule has 3 heteroatoms. The van der Waals surface area contributed by atoms with Crippen molar-refractivity contribution in [3.63, 3.8) is 0 Å². The Kier molecular flexibility index (Phi) is 3.73. The number of hydrogen-bond donors (Lipinski definition) is 2. The average molecular weight is 228 g/mol. The predicted octanol–water partition coefficient (Wildman–Crippen LogP) is 2.27. The van der Waals surface area contributed by atoms with Crippen LogP contribution < -0.4 is 5.73 Å². The van der Waals surface area contributed by atoms with Crippen molar-refractivity contribution in [3.05, 3.63) is 59.9 Å². The fraction of sp³-hybridized carbons (Fsp3) is 0.214. The Hall–Kier alpha value is -1.87. The number of aromatic hydroxyl groups is 1. The average Bonchev–Trinajstić information content (AvgIpc) is 2.38. The van der Waals surface area contributed by atoms with E-state index in [9.17, 15) is 5.11 Å². The van der Waals surface area contributed by atoms with Gasteiger partial charge in [0.05, 0.1) is 0 Å². The van der Waals surface area contributed by atoms with Crippen LogP contribution in [0.25, 0.3) is 0 Å². The van der Waals surface area contributed by atoms with Crippen LogP contribution in [0.4, 0.5) is 0 Å². The lowest BCUT2D eigenvalue weighted by Gasteiger charge is -2.16. The van der Waals surface area contributed by atoms with Crippen LogP contribution in [0, 0.1) is 0 Å². The highest BCUT2D eigenvalue weighted by atomic mass is 16.3. The maximum absolute atomic E-state index is 9.30. The summed E-state index contributed by atoms with van der Waals surface area (Å²) in [5.74, 6) is 0.475. The molecular formula is C14H16N2O. The van der Waals surface area contributed by atoms with Crippen molar-refractivity contribution in [1.82, 2.24) is 4.98 Å². The fourth-order valence-corrected chi connectivity index (χ4v) is 1.94. The molecule has 1 unspecified atom stereocenters. The van der Waals surface area contributed by atoms with Crippen molar-refractivity contribution in [2.45, 2.75) is 12.3 Å². The number of pyridine rings is 1. The van der Waals surface area contributed by atoms with Gasteiger partial charge in [-0.25, -0.2) is 0 Å². The topological polar surface area (TPSA) is 59.1 Å². The normalized spacial score (nSPS) is 12.3. The van der Waals surface area contributed by atoms with E-state index < -0.39 is 0 Å². The first-order chi connectivity index (χ1) is 8.31. The zero-order valence-electron chi connectivity index (χ0n) is 9.58. The number of nitrogens with two attached hydrogens (primary N) is 1. The Morgan fingerprint density at radius 1 is 1.12 bits per heavy atom.